The van der Waals surface area contributed by atoms with Gasteiger partial charge in [-0.25, -0.2) is 9.79 Å². The first kappa shape index (κ1) is 27.4. The number of hydrogen-bond donors (Lipinski definition) is 0. The Balaban J connectivity index is 1.90. The summed E-state index contributed by atoms with van der Waals surface area (Å²) in [5, 5.41) is 8.90. The van der Waals surface area contributed by atoms with Gasteiger partial charge in [0.15, 0.2) is 22.9 Å². The van der Waals surface area contributed by atoms with Crippen molar-refractivity contribution in [3.63, 3.8) is 0 Å². The normalized spacial score (nSPS) is 14.9. The number of aryl methyl sites for hydroxylation is 1. The molecule has 0 saturated heterocycles. The Hall–Kier alpha value is -3.68. The molecule has 1 aliphatic rings. The van der Waals surface area contributed by atoms with Gasteiger partial charge in [-0.1, -0.05) is 41.2 Å². The summed E-state index contributed by atoms with van der Waals surface area (Å²) in [7, 11) is 0. The van der Waals surface area contributed by atoms with Gasteiger partial charge in [0, 0.05) is 0 Å². The van der Waals surface area contributed by atoms with Crippen molar-refractivity contribution in [1.82, 2.24) is 4.57 Å². The van der Waals surface area contributed by atoms with Crippen LogP contribution >= 0.6 is 27.3 Å². The number of fused-ring (bicyclic) bond motifs is 1. The average Bonchev–Trinajstić information content (AvgIpc) is 3.17. The average molecular weight is 597 g/mol. The Kier molecular flexibility index (Phi) is 8.49. The molecule has 0 N–H and O–H groups in total. The van der Waals surface area contributed by atoms with Crippen LogP contribution < -0.4 is 24.4 Å². The molecule has 2 heterocycles. The van der Waals surface area contributed by atoms with Crippen LogP contribution in [0.4, 0.5) is 0 Å². The third-order valence-corrected chi connectivity index (χ3v) is 7.39. The third kappa shape index (κ3) is 5.44. The molecule has 1 aromatic heterocycles. The van der Waals surface area contributed by atoms with Crippen LogP contribution in [0, 0.1) is 18.3 Å². The van der Waals surface area contributed by atoms with Crippen LogP contribution in [0.2, 0.25) is 0 Å². The molecule has 0 bridgehead atoms. The molecular weight excluding hydrogens is 570 g/mol. The minimum absolute atomic E-state index is 0.127. The number of rotatable bonds is 8. The number of nitriles is 1. The zero-order valence-electron chi connectivity index (χ0n) is 21.4. The Bertz CT molecular complexity index is 1630. The Morgan fingerprint density at radius 2 is 1.92 bits per heavy atom. The molecular formula is C28H26BrN3O5S. The second-order valence-electron chi connectivity index (χ2n) is 8.42. The maximum Gasteiger partial charge on any atom is 0.338 e. The van der Waals surface area contributed by atoms with E-state index in [0.717, 1.165) is 11.1 Å². The topological polar surface area (TPSA) is 103 Å². The molecule has 0 spiro atoms. The highest BCUT2D eigenvalue weighted by Gasteiger charge is 2.33. The van der Waals surface area contributed by atoms with Crippen molar-refractivity contribution in [3.8, 4) is 17.6 Å². The summed E-state index contributed by atoms with van der Waals surface area (Å²) in [5.74, 6) is 0.377. The lowest BCUT2D eigenvalue weighted by atomic mass is 9.95. The lowest BCUT2D eigenvalue weighted by Crippen LogP contribution is -2.39. The summed E-state index contributed by atoms with van der Waals surface area (Å²) < 4.78 is 19.2. The van der Waals surface area contributed by atoms with Crippen LogP contribution in [-0.2, 0) is 9.53 Å². The molecule has 38 heavy (non-hydrogen) atoms. The molecule has 8 nitrogen and oxygen atoms in total. The van der Waals surface area contributed by atoms with Gasteiger partial charge in [-0.3, -0.25) is 9.36 Å². The summed E-state index contributed by atoms with van der Waals surface area (Å²) in [5.41, 5.74) is 3.14. The number of aromatic nitrogens is 1. The van der Waals surface area contributed by atoms with Gasteiger partial charge in [0.25, 0.3) is 5.56 Å². The van der Waals surface area contributed by atoms with Crippen molar-refractivity contribution in [2.75, 3.05) is 19.8 Å². The molecule has 0 saturated carbocycles. The lowest BCUT2D eigenvalue weighted by Gasteiger charge is -2.24. The first-order valence-corrected chi connectivity index (χ1v) is 13.6. The van der Waals surface area contributed by atoms with E-state index < -0.39 is 12.0 Å². The second kappa shape index (κ2) is 11.8. The summed E-state index contributed by atoms with van der Waals surface area (Å²) >= 11 is 4.73. The standard InChI is InChI=1S/C28H26BrN3O5S/c1-5-35-21-14-18(13-20(29)25(21)37-12-11-30)15-22-26(33)32-24(19-9-7-16(3)8-10-19)23(27(34)36-6-2)17(4)31-28(32)38-22/h7-10,13-15,24H,5-6,12H2,1-4H3/b22-15+/t24-/m1/s1. The van der Waals surface area contributed by atoms with E-state index in [0.29, 0.717) is 48.7 Å². The molecule has 196 valence electrons. The molecule has 10 heteroatoms. The quantitative estimate of drug-likeness (QED) is 0.362. The Morgan fingerprint density at radius 3 is 2.58 bits per heavy atom. The van der Waals surface area contributed by atoms with Gasteiger partial charge in [-0.2, -0.15) is 5.26 Å². The number of thiazole rings is 1. The monoisotopic (exact) mass is 595 g/mol. The molecule has 2 aromatic carbocycles. The smallest absolute Gasteiger partial charge is 0.338 e. The van der Waals surface area contributed by atoms with Gasteiger partial charge < -0.3 is 14.2 Å². The number of nitrogens with zero attached hydrogens (tertiary/aromatic N) is 3. The largest absolute Gasteiger partial charge is 0.490 e. The van der Waals surface area contributed by atoms with E-state index in [2.05, 4.69) is 20.9 Å². The molecule has 1 aliphatic heterocycles. The van der Waals surface area contributed by atoms with E-state index in [9.17, 15) is 9.59 Å². The van der Waals surface area contributed by atoms with E-state index in [-0.39, 0.29) is 18.8 Å². The maximum atomic E-state index is 13.8. The second-order valence-corrected chi connectivity index (χ2v) is 10.3. The minimum atomic E-state index is -0.666. The SMILES string of the molecule is CCOC(=O)C1=C(C)N=c2s/c(=C/c3cc(Br)c(OCC#N)c(OCC)c3)c(=O)n2[C@@H]1c1ccc(C)cc1. The number of esters is 1. The molecule has 1 atom stereocenters. The molecule has 3 aromatic rings. The molecule has 0 aliphatic carbocycles. The number of allylic oxidation sites excluding steroid dienone is 1. The van der Waals surface area contributed by atoms with Crippen molar-refractivity contribution in [2.24, 2.45) is 4.99 Å². The Morgan fingerprint density at radius 1 is 1.18 bits per heavy atom. The number of carbonyl (C=O) groups is 1. The third-order valence-electron chi connectivity index (χ3n) is 5.82. The Labute approximate surface area is 232 Å². The predicted octanol–water partition coefficient (Wildman–Crippen LogP) is 4.17. The van der Waals surface area contributed by atoms with Crippen LogP contribution in [-0.4, -0.2) is 30.4 Å². The lowest BCUT2D eigenvalue weighted by molar-refractivity contribution is -0.139. The number of halogens is 1. The molecule has 0 unspecified atom stereocenters. The molecule has 0 radical (unpaired) electrons. The van der Waals surface area contributed by atoms with Gasteiger partial charge in [0.2, 0.25) is 0 Å². The van der Waals surface area contributed by atoms with Crippen molar-refractivity contribution in [1.29, 1.82) is 5.26 Å². The summed E-state index contributed by atoms with van der Waals surface area (Å²) in [6.07, 6.45) is 1.75. The predicted molar refractivity (Wildman–Crippen MR) is 148 cm³/mol. The van der Waals surface area contributed by atoms with Crippen LogP contribution in [0.3, 0.4) is 0 Å². The fourth-order valence-electron chi connectivity index (χ4n) is 4.19. The first-order chi connectivity index (χ1) is 18.3. The minimum Gasteiger partial charge on any atom is -0.490 e. The van der Waals surface area contributed by atoms with Crippen molar-refractivity contribution in [2.45, 2.75) is 33.7 Å². The van der Waals surface area contributed by atoms with Crippen LogP contribution in [0.25, 0.3) is 6.08 Å². The maximum absolute atomic E-state index is 13.8. The van der Waals surface area contributed by atoms with E-state index in [1.165, 1.54) is 11.3 Å². The van der Waals surface area contributed by atoms with Crippen molar-refractivity contribution < 1.29 is 19.0 Å². The fraction of sp³-hybridized carbons (Fsp3) is 0.286. The number of ether oxygens (including phenoxy) is 3. The van der Waals surface area contributed by atoms with Gasteiger partial charge in [0.1, 0.15) is 6.07 Å². The first-order valence-electron chi connectivity index (χ1n) is 12.0. The van der Waals surface area contributed by atoms with Gasteiger partial charge in [-0.15, -0.1) is 0 Å². The molecule has 4 rings (SSSR count). The van der Waals surface area contributed by atoms with Crippen LogP contribution in [0.15, 0.2) is 61.9 Å². The summed E-state index contributed by atoms with van der Waals surface area (Å²) in [4.78, 5) is 31.9. The number of carbonyl (C=O) groups excluding carboxylic acids is 1. The summed E-state index contributed by atoms with van der Waals surface area (Å²) in [6.45, 7) is 7.82. The van der Waals surface area contributed by atoms with Crippen LogP contribution in [0.1, 0.15) is 43.5 Å². The molecule has 0 fully saturated rings. The van der Waals surface area contributed by atoms with Gasteiger partial charge in [0.05, 0.1) is 39.5 Å². The molecule has 0 amide bonds. The number of benzene rings is 2. The highest BCUT2D eigenvalue weighted by molar-refractivity contribution is 9.10. The van der Waals surface area contributed by atoms with Gasteiger partial charge >= 0.3 is 5.97 Å². The highest BCUT2D eigenvalue weighted by Crippen LogP contribution is 2.37. The van der Waals surface area contributed by atoms with Crippen LogP contribution in [0.5, 0.6) is 11.5 Å². The zero-order chi connectivity index (χ0) is 27.4. The van der Waals surface area contributed by atoms with E-state index in [1.54, 1.807) is 36.6 Å². The zero-order valence-corrected chi connectivity index (χ0v) is 23.8. The highest BCUT2D eigenvalue weighted by atomic mass is 79.9. The fourth-order valence-corrected chi connectivity index (χ4v) is 5.81. The van der Waals surface area contributed by atoms with E-state index in [1.807, 2.05) is 44.2 Å². The van der Waals surface area contributed by atoms with Gasteiger partial charge in [-0.05, 0) is 73.0 Å². The van der Waals surface area contributed by atoms with E-state index >= 15 is 0 Å². The van der Waals surface area contributed by atoms with Crippen molar-refractivity contribution in [3.05, 3.63) is 88.5 Å². The summed E-state index contributed by atoms with van der Waals surface area (Å²) in [6, 6.07) is 12.6. The van der Waals surface area contributed by atoms with Crippen molar-refractivity contribution >= 4 is 39.3 Å². The number of hydrogen-bond acceptors (Lipinski definition) is 8. The van der Waals surface area contributed by atoms with E-state index in [4.69, 9.17) is 19.5 Å².